The van der Waals surface area contributed by atoms with Crippen LogP contribution in [0.2, 0.25) is 0 Å². The highest BCUT2D eigenvalue weighted by Gasteiger charge is 2.57. The standard InChI is InChI=1S/C7H9F5O2S/c1-15(13,14)7-5(11)3(9)2(8)4(10)6(7)12/h2-7H,1H3. The van der Waals surface area contributed by atoms with Crippen LogP contribution in [0.25, 0.3) is 0 Å². The molecule has 0 radical (unpaired) electrons. The first-order chi connectivity index (χ1) is 6.68. The summed E-state index contributed by atoms with van der Waals surface area (Å²) >= 11 is 0. The van der Waals surface area contributed by atoms with Crippen molar-refractivity contribution in [1.82, 2.24) is 0 Å². The number of alkyl halides is 5. The fourth-order valence-corrected chi connectivity index (χ4v) is 2.78. The largest absolute Gasteiger partial charge is 0.243 e. The molecule has 0 amide bonds. The van der Waals surface area contributed by atoms with Crippen molar-refractivity contribution in [2.45, 2.75) is 36.1 Å². The molecule has 8 heteroatoms. The minimum absolute atomic E-state index is 0.453. The van der Waals surface area contributed by atoms with Gasteiger partial charge in [0.1, 0.15) is 5.25 Å². The van der Waals surface area contributed by atoms with Crippen LogP contribution >= 0.6 is 0 Å². The lowest BCUT2D eigenvalue weighted by molar-refractivity contribution is -0.0475. The highest BCUT2D eigenvalue weighted by Crippen LogP contribution is 2.35. The number of sulfone groups is 1. The summed E-state index contributed by atoms with van der Waals surface area (Å²) in [5.41, 5.74) is 0. The maximum atomic E-state index is 13.0. The van der Waals surface area contributed by atoms with Crippen LogP contribution in [0.1, 0.15) is 0 Å². The van der Waals surface area contributed by atoms with Gasteiger partial charge in [-0.05, 0) is 0 Å². The number of rotatable bonds is 1. The van der Waals surface area contributed by atoms with E-state index in [1.807, 2.05) is 0 Å². The molecule has 4 unspecified atom stereocenters. The van der Waals surface area contributed by atoms with E-state index in [4.69, 9.17) is 0 Å². The average molecular weight is 252 g/mol. The fraction of sp³-hybridized carbons (Fsp3) is 1.00. The van der Waals surface area contributed by atoms with E-state index < -0.39 is 45.9 Å². The molecule has 90 valence electrons. The summed E-state index contributed by atoms with van der Waals surface area (Å²) < 4.78 is 85.9. The van der Waals surface area contributed by atoms with E-state index in [0.29, 0.717) is 6.26 Å². The van der Waals surface area contributed by atoms with E-state index in [1.54, 1.807) is 0 Å². The van der Waals surface area contributed by atoms with Crippen molar-refractivity contribution in [3.8, 4) is 0 Å². The molecule has 1 rings (SSSR count). The molecule has 0 heterocycles. The predicted octanol–water partition coefficient (Wildman–Crippen LogP) is 1.10. The summed E-state index contributed by atoms with van der Waals surface area (Å²) in [5.74, 6) is 0. The number of hydrogen-bond donors (Lipinski definition) is 0. The SMILES string of the molecule is CS(=O)(=O)C1C(F)C(F)C(F)C(F)C1F. The third-order valence-corrected chi connectivity index (χ3v) is 3.85. The summed E-state index contributed by atoms with van der Waals surface area (Å²) in [7, 11) is -4.31. The molecule has 1 aliphatic rings. The van der Waals surface area contributed by atoms with E-state index >= 15 is 0 Å². The van der Waals surface area contributed by atoms with Crippen LogP contribution in [0, 0.1) is 0 Å². The lowest BCUT2D eigenvalue weighted by Gasteiger charge is -2.34. The molecule has 0 aromatic heterocycles. The highest BCUT2D eigenvalue weighted by atomic mass is 32.2. The van der Waals surface area contributed by atoms with Crippen LogP contribution < -0.4 is 0 Å². The Hall–Kier alpha value is -0.400. The Labute approximate surface area is 83.4 Å². The van der Waals surface area contributed by atoms with Crippen molar-refractivity contribution in [1.29, 1.82) is 0 Å². The monoisotopic (exact) mass is 252 g/mol. The molecule has 0 bridgehead atoms. The van der Waals surface area contributed by atoms with Gasteiger partial charge in [-0.15, -0.1) is 0 Å². The smallest absolute Gasteiger partial charge is 0.168 e. The Kier molecular flexibility index (Phi) is 3.27. The molecule has 0 aliphatic heterocycles. The minimum atomic E-state index is -4.31. The molecule has 1 fully saturated rings. The average Bonchev–Trinajstić information content (AvgIpc) is 2.09. The van der Waals surface area contributed by atoms with Crippen molar-refractivity contribution in [2.24, 2.45) is 0 Å². The molecule has 4 atom stereocenters. The van der Waals surface area contributed by atoms with Crippen LogP contribution in [-0.2, 0) is 9.84 Å². The summed E-state index contributed by atoms with van der Waals surface area (Å²) in [6.07, 6.45) is -14.2. The summed E-state index contributed by atoms with van der Waals surface area (Å²) in [5, 5.41) is -2.48. The minimum Gasteiger partial charge on any atom is -0.243 e. The second-order valence-corrected chi connectivity index (χ2v) is 5.72. The fourth-order valence-electron chi connectivity index (χ4n) is 1.54. The zero-order valence-electron chi connectivity index (χ0n) is 7.58. The van der Waals surface area contributed by atoms with Gasteiger partial charge in [0.15, 0.2) is 40.7 Å². The van der Waals surface area contributed by atoms with E-state index in [1.165, 1.54) is 0 Å². The second kappa shape index (κ2) is 3.88. The molecule has 1 aliphatic carbocycles. The first-order valence-electron chi connectivity index (χ1n) is 4.07. The molecule has 0 N–H and O–H groups in total. The third kappa shape index (κ3) is 2.09. The molecule has 0 aromatic rings. The zero-order chi connectivity index (χ0) is 12.0. The van der Waals surface area contributed by atoms with Gasteiger partial charge in [-0.25, -0.2) is 30.4 Å². The maximum Gasteiger partial charge on any atom is 0.168 e. The van der Waals surface area contributed by atoms with Gasteiger partial charge < -0.3 is 0 Å². The van der Waals surface area contributed by atoms with Crippen LogP contribution in [0.15, 0.2) is 0 Å². The summed E-state index contributed by atoms with van der Waals surface area (Å²) in [4.78, 5) is 0. The lowest BCUT2D eigenvalue weighted by Crippen LogP contribution is -2.58. The van der Waals surface area contributed by atoms with Gasteiger partial charge in [0, 0.05) is 6.26 Å². The normalized spacial score (nSPS) is 47.9. The molecule has 0 saturated heterocycles. The predicted molar refractivity (Wildman–Crippen MR) is 43.1 cm³/mol. The van der Waals surface area contributed by atoms with Gasteiger partial charge in [0.2, 0.25) is 0 Å². The van der Waals surface area contributed by atoms with Crippen LogP contribution in [0.5, 0.6) is 0 Å². The van der Waals surface area contributed by atoms with Crippen molar-refractivity contribution in [2.75, 3.05) is 6.26 Å². The molecule has 2 nitrogen and oxygen atoms in total. The van der Waals surface area contributed by atoms with E-state index in [-0.39, 0.29) is 0 Å². The van der Waals surface area contributed by atoms with Crippen molar-refractivity contribution < 1.29 is 30.4 Å². The van der Waals surface area contributed by atoms with E-state index in [2.05, 4.69) is 0 Å². The second-order valence-electron chi connectivity index (χ2n) is 3.52. The van der Waals surface area contributed by atoms with Crippen LogP contribution in [0.3, 0.4) is 0 Å². The Balaban J connectivity index is 3.08. The topological polar surface area (TPSA) is 34.1 Å². The van der Waals surface area contributed by atoms with E-state index in [0.717, 1.165) is 0 Å². The Morgan fingerprint density at radius 2 is 1.00 bits per heavy atom. The van der Waals surface area contributed by atoms with Gasteiger partial charge in [0.25, 0.3) is 0 Å². The molecule has 15 heavy (non-hydrogen) atoms. The molecule has 0 spiro atoms. The first kappa shape index (κ1) is 12.7. The number of halogens is 5. The van der Waals surface area contributed by atoms with Crippen LogP contribution in [0.4, 0.5) is 22.0 Å². The van der Waals surface area contributed by atoms with Gasteiger partial charge in [-0.1, -0.05) is 0 Å². The molecule has 1 saturated carbocycles. The van der Waals surface area contributed by atoms with Crippen molar-refractivity contribution >= 4 is 9.84 Å². The van der Waals surface area contributed by atoms with Crippen molar-refractivity contribution in [3.63, 3.8) is 0 Å². The summed E-state index contributed by atoms with van der Waals surface area (Å²) in [6, 6.07) is 0. The van der Waals surface area contributed by atoms with Gasteiger partial charge in [-0.3, -0.25) is 0 Å². The number of hydrogen-bond acceptors (Lipinski definition) is 2. The maximum absolute atomic E-state index is 13.0. The van der Waals surface area contributed by atoms with Gasteiger partial charge in [0.05, 0.1) is 0 Å². The Morgan fingerprint density at radius 3 is 1.27 bits per heavy atom. The van der Waals surface area contributed by atoms with Gasteiger partial charge in [-0.2, -0.15) is 0 Å². The molecular weight excluding hydrogens is 243 g/mol. The van der Waals surface area contributed by atoms with Crippen LogP contribution in [-0.4, -0.2) is 50.8 Å². The quantitative estimate of drug-likeness (QED) is 0.655. The first-order valence-corrected chi connectivity index (χ1v) is 6.02. The Morgan fingerprint density at radius 1 is 0.733 bits per heavy atom. The van der Waals surface area contributed by atoms with Gasteiger partial charge >= 0.3 is 0 Å². The molecule has 0 aromatic carbocycles. The zero-order valence-corrected chi connectivity index (χ0v) is 8.40. The lowest BCUT2D eigenvalue weighted by atomic mass is 9.91. The van der Waals surface area contributed by atoms with E-state index in [9.17, 15) is 30.4 Å². The highest BCUT2D eigenvalue weighted by molar-refractivity contribution is 7.91. The molecular formula is C7H9F5O2S. The third-order valence-electron chi connectivity index (χ3n) is 2.34. The summed E-state index contributed by atoms with van der Waals surface area (Å²) in [6.45, 7) is 0. The van der Waals surface area contributed by atoms with Crippen molar-refractivity contribution in [3.05, 3.63) is 0 Å². The Bertz CT molecular complexity index is 316.